The Bertz CT molecular complexity index is 727. The molecule has 4 rings (SSSR count). The van der Waals surface area contributed by atoms with Crippen LogP contribution in [0.15, 0.2) is 24.7 Å². The van der Waals surface area contributed by atoms with Gasteiger partial charge in [-0.3, -0.25) is 14.6 Å². The molecule has 0 saturated carbocycles. The van der Waals surface area contributed by atoms with E-state index in [9.17, 15) is 0 Å². The van der Waals surface area contributed by atoms with Crippen molar-refractivity contribution in [3.05, 3.63) is 36.0 Å². The van der Waals surface area contributed by atoms with Crippen LogP contribution in [0.2, 0.25) is 0 Å². The van der Waals surface area contributed by atoms with E-state index in [1.54, 1.807) is 18.6 Å². The first-order chi connectivity index (χ1) is 12.6. The molecule has 1 unspecified atom stereocenters. The zero-order valence-electron chi connectivity index (χ0n) is 15.6. The van der Waals surface area contributed by atoms with E-state index in [0.29, 0.717) is 18.4 Å². The summed E-state index contributed by atoms with van der Waals surface area (Å²) in [5, 5.41) is 4.43. The lowest BCUT2D eigenvalue weighted by Crippen LogP contribution is -2.64. The minimum atomic E-state index is 0.0447. The highest BCUT2D eigenvalue weighted by atomic mass is 16.5. The Morgan fingerprint density at radius 1 is 1.35 bits per heavy atom. The van der Waals surface area contributed by atoms with Crippen LogP contribution in [-0.4, -0.2) is 56.6 Å². The first-order valence-corrected chi connectivity index (χ1v) is 9.37. The molecular weight excluding hydrogens is 330 g/mol. The molecule has 7 heteroatoms. The third-order valence-electron chi connectivity index (χ3n) is 5.42. The molecule has 26 heavy (non-hydrogen) atoms. The van der Waals surface area contributed by atoms with Gasteiger partial charge in [-0.25, -0.2) is 4.98 Å². The maximum atomic E-state index is 6.17. The molecule has 0 bridgehead atoms. The number of hydrogen-bond donors (Lipinski definition) is 0. The highest BCUT2D eigenvalue weighted by Gasteiger charge is 2.47. The van der Waals surface area contributed by atoms with Gasteiger partial charge >= 0.3 is 0 Å². The maximum absolute atomic E-state index is 6.17. The van der Waals surface area contributed by atoms with Gasteiger partial charge in [0, 0.05) is 45.7 Å². The van der Waals surface area contributed by atoms with Gasteiger partial charge in [-0.15, -0.1) is 0 Å². The normalized spacial score (nSPS) is 22.3. The van der Waals surface area contributed by atoms with Crippen LogP contribution in [0.3, 0.4) is 0 Å². The number of aryl methyl sites for hydroxylation is 2. The van der Waals surface area contributed by atoms with Gasteiger partial charge in [-0.2, -0.15) is 5.10 Å². The Morgan fingerprint density at radius 3 is 2.96 bits per heavy atom. The summed E-state index contributed by atoms with van der Waals surface area (Å²) in [5.74, 6) is 1.26. The number of likely N-dealkylation sites (tertiary alicyclic amines) is 1. The van der Waals surface area contributed by atoms with Gasteiger partial charge in [0.05, 0.1) is 29.8 Å². The lowest BCUT2D eigenvalue weighted by atomic mass is 9.79. The van der Waals surface area contributed by atoms with E-state index in [2.05, 4.69) is 26.0 Å². The standard InChI is InChI=1S/C19H27N5O2/c1-15-9-17(23(2)22-15)12-24-13-19(14-24)10-16(4-8-26-19)3-7-25-18-11-20-5-6-21-18/h5-6,9,11,16H,3-4,7-8,10,12-14H2,1-2H3. The minimum Gasteiger partial charge on any atom is -0.477 e. The minimum absolute atomic E-state index is 0.0447. The van der Waals surface area contributed by atoms with Crippen LogP contribution < -0.4 is 4.74 Å². The largest absolute Gasteiger partial charge is 0.477 e. The van der Waals surface area contributed by atoms with Crippen LogP contribution >= 0.6 is 0 Å². The van der Waals surface area contributed by atoms with Crippen molar-refractivity contribution in [2.45, 2.75) is 38.3 Å². The fraction of sp³-hybridized carbons (Fsp3) is 0.632. The molecule has 0 radical (unpaired) electrons. The number of hydrogen-bond acceptors (Lipinski definition) is 6. The monoisotopic (exact) mass is 357 g/mol. The van der Waals surface area contributed by atoms with Gasteiger partial charge in [0.25, 0.3) is 0 Å². The summed E-state index contributed by atoms with van der Waals surface area (Å²) in [6, 6.07) is 2.17. The van der Waals surface area contributed by atoms with Crippen LogP contribution in [0.4, 0.5) is 0 Å². The van der Waals surface area contributed by atoms with Gasteiger partial charge in [-0.05, 0) is 38.2 Å². The van der Waals surface area contributed by atoms with E-state index in [1.165, 1.54) is 5.69 Å². The summed E-state index contributed by atoms with van der Waals surface area (Å²) in [4.78, 5) is 10.6. The molecule has 4 heterocycles. The van der Waals surface area contributed by atoms with Crippen molar-refractivity contribution in [3.63, 3.8) is 0 Å². The quantitative estimate of drug-likeness (QED) is 0.787. The molecule has 0 aliphatic carbocycles. The summed E-state index contributed by atoms with van der Waals surface area (Å²) in [7, 11) is 2.02. The maximum Gasteiger partial charge on any atom is 0.232 e. The number of ether oxygens (including phenoxy) is 2. The predicted molar refractivity (Wildman–Crippen MR) is 96.8 cm³/mol. The van der Waals surface area contributed by atoms with E-state index in [0.717, 1.165) is 51.2 Å². The molecule has 2 aromatic heterocycles. The van der Waals surface area contributed by atoms with Crippen molar-refractivity contribution in [1.29, 1.82) is 0 Å². The molecule has 0 amide bonds. The van der Waals surface area contributed by atoms with Crippen LogP contribution in [0.25, 0.3) is 0 Å². The average molecular weight is 357 g/mol. The zero-order chi connectivity index (χ0) is 18.0. The third-order valence-corrected chi connectivity index (χ3v) is 5.42. The van der Waals surface area contributed by atoms with Gasteiger partial charge in [0.15, 0.2) is 0 Å². The van der Waals surface area contributed by atoms with Crippen molar-refractivity contribution in [2.24, 2.45) is 13.0 Å². The fourth-order valence-corrected chi connectivity index (χ4v) is 4.21. The fourth-order valence-electron chi connectivity index (χ4n) is 4.21. The molecule has 0 N–H and O–H groups in total. The summed E-state index contributed by atoms with van der Waals surface area (Å²) < 4.78 is 13.9. The van der Waals surface area contributed by atoms with Crippen molar-refractivity contribution in [2.75, 3.05) is 26.3 Å². The Balaban J connectivity index is 1.23. The molecule has 140 valence electrons. The highest BCUT2D eigenvalue weighted by Crippen LogP contribution is 2.38. The molecule has 2 aliphatic rings. The molecule has 2 aromatic rings. The lowest BCUT2D eigenvalue weighted by molar-refractivity contribution is -0.182. The van der Waals surface area contributed by atoms with Gasteiger partial charge < -0.3 is 9.47 Å². The van der Waals surface area contributed by atoms with Gasteiger partial charge in [0.1, 0.15) is 0 Å². The SMILES string of the molecule is Cc1cc(CN2CC3(CC(CCOc4cnccn4)CCO3)C2)n(C)n1. The Morgan fingerprint density at radius 2 is 2.23 bits per heavy atom. The van der Waals surface area contributed by atoms with Crippen LogP contribution in [0.1, 0.15) is 30.7 Å². The first kappa shape index (κ1) is 17.4. The van der Waals surface area contributed by atoms with Crippen LogP contribution in [0, 0.1) is 12.8 Å². The molecule has 0 aromatic carbocycles. The molecule has 2 aliphatic heterocycles. The number of rotatable bonds is 6. The van der Waals surface area contributed by atoms with E-state index >= 15 is 0 Å². The number of nitrogens with zero attached hydrogens (tertiary/aromatic N) is 5. The second kappa shape index (κ2) is 7.32. The predicted octanol–water partition coefficient (Wildman–Crippen LogP) is 1.97. The summed E-state index contributed by atoms with van der Waals surface area (Å²) >= 11 is 0. The Hall–Kier alpha value is -1.99. The van der Waals surface area contributed by atoms with E-state index in [4.69, 9.17) is 9.47 Å². The van der Waals surface area contributed by atoms with E-state index in [1.807, 2.05) is 18.7 Å². The molecule has 1 spiro atoms. The van der Waals surface area contributed by atoms with E-state index in [-0.39, 0.29) is 5.60 Å². The van der Waals surface area contributed by atoms with Gasteiger partial charge in [-0.1, -0.05) is 0 Å². The molecule has 7 nitrogen and oxygen atoms in total. The topological polar surface area (TPSA) is 65.3 Å². The van der Waals surface area contributed by atoms with Crippen molar-refractivity contribution in [3.8, 4) is 5.88 Å². The summed E-state index contributed by atoms with van der Waals surface area (Å²) in [5.41, 5.74) is 2.39. The average Bonchev–Trinajstić information content (AvgIpc) is 2.92. The molecule has 1 atom stereocenters. The number of aromatic nitrogens is 4. The van der Waals surface area contributed by atoms with Crippen molar-refractivity contribution >= 4 is 0 Å². The van der Waals surface area contributed by atoms with Crippen molar-refractivity contribution in [1.82, 2.24) is 24.6 Å². The second-order valence-electron chi connectivity index (χ2n) is 7.62. The van der Waals surface area contributed by atoms with Gasteiger partial charge in [0.2, 0.25) is 5.88 Å². The zero-order valence-corrected chi connectivity index (χ0v) is 15.6. The van der Waals surface area contributed by atoms with Crippen LogP contribution in [-0.2, 0) is 18.3 Å². The van der Waals surface area contributed by atoms with E-state index < -0.39 is 0 Å². The lowest BCUT2D eigenvalue weighted by Gasteiger charge is -2.53. The smallest absolute Gasteiger partial charge is 0.232 e. The second-order valence-corrected chi connectivity index (χ2v) is 7.62. The van der Waals surface area contributed by atoms with Crippen LogP contribution in [0.5, 0.6) is 5.88 Å². The van der Waals surface area contributed by atoms with Crippen molar-refractivity contribution < 1.29 is 9.47 Å². The Labute approximate surface area is 154 Å². The third kappa shape index (κ3) is 3.88. The molecular formula is C19H27N5O2. The molecule has 2 fully saturated rings. The summed E-state index contributed by atoms with van der Waals surface area (Å²) in [6.45, 7) is 6.56. The summed E-state index contributed by atoms with van der Waals surface area (Å²) in [6.07, 6.45) is 8.26. The highest BCUT2D eigenvalue weighted by molar-refractivity contribution is 5.11. The first-order valence-electron chi connectivity index (χ1n) is 9.37. The molecule has 2 saturated heterocycles. The Kier molecular flexibility index (Phi) is 4.91.